The predicted molar refractivity (Wildman–Crippen MR) is 116 cm³/mol. The first-order chi connectivity index (χ1) is 14.2. The maximum absolute atomic E-state index is 12.9. The van der Waals surface area contributed by atoms with Crippen LogP contribution in [-0.4, -0.2) is 25.2 Å². The van der Waals surface area contributed by atoms with Crippen LogP contribution in [0.5, 0.6) is 0 Å². The van der Waals surface area contributed by atoms with Crippen LogP contribution in [0.3, 0.4) is 0 Å². The Balaban J connectivity index is 1.69. The molecule has 0 aliphatic rings. The summed E-state index contributed by atoms with van der Waals surface area (Å²) in [5.74, 6) is 0.000259. The van der Waals surface area contributed by atoms with Gasteiger partial charge in [0.25, 0.3) is 0 Å². The zero-order chi connectivity index (χ0) is 21.9. The van der Waals surface area contributed by atoms with Crippen LogP contribution < -0.4 is 5.32 Å². The standard InChI is InChI=1S/C23H26N2O4S/c1-15-5-8-19(9-6-15)14-24-22(26)11-12-30(27,28)21-13-20(10-7-16(21)2)23-17(3)18(4)25-29-23/h5-10,13H,11-12,14H2,1-4H3,(H,24,26). The number of carbonyl (C=O) groups excluding carboxylic acids is 1. The Morgan fingerprint density at radius 1 is 1.03 bits per heavy atom. The average molecular weight is 427 g/mol. The number of hydrogen-bond donors (Lipinski definition) is 1. The zero-order valence-electron chi connectivity index (χ0n) is 17.7. The molecule has 0 aliphatic heterocycles. The van der Waals surface area contributed by atoms with Gasteiger partial charge in [-0.1, -0.05) is 47.1 Å². The van der Waals surface area contributed by atoms with Crippen molar-refractivity contribution in [1.29, 1.82) is 0 Å². The maximum atomic E-state index is 12.9. The molecule has 1 amide bonds. The number of sulfone groups is 1. The highest BCUT2D eigenvalue weighted by molar-refractivity contribution is 7.91. The summed E-state index contributed by atoms with van der Waals surface area (Å²) in [5.41, 5.74) is 5.04. The largest absolute Gasteiger partial charge is 0.356 e. The molecule has 0 aliphatic carbocycles. The summed E-state index contributed by atoms with van der Waals surface area (Å²) in [5, 5.41) is 6.72. The van der Waals surface area contributed by atoms with Gasteiger partial charge in [0.05, 0.1) is 16.3 Å². The third-order valence-corrected chi connectivity index (χ3v) is 7.00. The Morgan fingerprint density at radius 3 is 2.37 bits per heavy atom. The lowest BCUT2D eigenvalue weighted by molar-refractivity contribution is -0.120. The van der Waals surface area contributed by atoms with Crippen molar-refractivity contribution in [1.82, 2.24) is 10.5 Å². The van der Waals surface area contributed by atoms with Crippen molar-refractivity contribution in [3.63, 3.8) is 0 Å². The minimum Gasteiger partial charge on any atom is -0.356 e. The number of aromatic nitrogens is 1. The van der Waals surface area contributed by atoms with Crippen LogP contribution in [0.4, 0.5) is 0 Å². The van der Waals surface area contributed by atoms with E-state index in [1.165, 1.54) is 0 Å². The van der Waals surface area contributed by atoms with Gasteiger partial charge in [-0.05, 0) is 44.9 Å². The SMILES string of the molecule is Cc1ccc(CNC(=O)CCS(=O)(=O)c2cc(-c3onc(C)c3C)ccc2C)cc1. The molecular weight excluding hydrogens is 400 g/mol. The molecule has 1 heterocycles. The molecule has 7 heteroatoms. The number of carbonyl (C=O) groups is 1. The van der Waals surface area contributed by atoms with E-state index in [9.17, 15) is 13.2 Å². The number of nitrogens with zero attached hydrogens (tertiary/aromatic N) is 1. The quantitative estimate of drug-likeness (QED) is 0.615. The van der Waals surface area contributed by atoms with E-state index in [2.05, 4.69) is 10.5 Å². The molecule has 1 aromatic heterocycles. The summed E-state index contributed by atoms with van der Waals surface area (Å²) < 4.78 is 31.2. The van der Waals surface area contributed by atoms with E-state index in [0.29, 0.717) is 23.4 Å². The Hall–Kier alpha value is -2.93. The van der Waals surface area contributed by atoms with Gasteiger partial charge in [-0.25, -0.2) is 8.42 Å². The molecule has 3 aromatic rings. The van der Waals surface area contributed by atoms with Crippen molar-refractivity contribution in [2.75, 3.05) is 5.75 Å². The zero-order valence-corrected chi connectivity index (χ0v) is 18.5. The maximum Gasteiger partial charge on any atom is 0.221 e. The number of amides is 1. The predicted octanol–water partition coefficient (Wildman–Crippen LogP) is 4.06. The van der Waals surface area contributed by atoms with Gasteiger partial charge in [-0.15, -0.1) is 0 Å². The lowest BCUT2D eigenvalue weighted by Gasteiger charge is -2.10. The van der Waals surface area contributed by atoms with Crippen molar-refractivity contribution in [3.8, 4) is 11.3 Å². The number of hydrogen-bond acceptors (Lipinski definition) is 5. The molecule has 0 spiro atoms. The number of benzene rings is 2. The molecule has 0 fully saturated rings. The summed E-state index contributed by atoms with van der Waals surface area (Å²) >= 11 is 0. The first-order valence-corrected chi connectivity index (χ1v) is 11.4. The Morgan fingerprint density at radius 2 is 1.73 bits per heavy atom. The number of rotatable bonds is 7. The fraction of sp³-hybridized carbons (Fsp3) is 0.304. The van der Waals surface area contributed by atoms with Crippen LogP contribution in [0.15, 0.2) is 51.9 Å². The van der Waals surface area contributed by atoms with Gasteiger partial charge in [0.2, 0.25) is 5.91 Å². The lowest BCUT2D eigenvalue weighted by atomic mass is 10.1. The van der Waals surface area contributed by atoms with Gasteiger partial charge < -0.3 is 9.84 Å². The average Bonchev–Trinajstić information content (AvgIpc) is 3.05. The molecular formula is C23H26N2O4S. The first-order valence-electron chi connectivity index (χ1n) is 9.76. The second kappa shape index (κ2) is 8.83. The van der Waals surface area contributed by atoms with E-state index in [0.717, 1.165) is 22.4 Å². The molecule has 0 atom stereocenters. The van der Waals surface area contributed by atoms with Crippen molar-refractivity contribution < 1.29 is 17.7 Å². The molecule has 158 valence electrons. The van der Waals surface area contributed by atoms with Gasteiger partial charge in [-0.3, -0.25) is 4.79 Å². The van der Waals surface area contributed by atoms with Gasteiger partial charge in [-0.2, -0.15) is 0 Å². The molecule has 3 rings (SSSR count). The summed E-state index contributed by atoms with van der Waals surface area (Å²) in [4.78, 5) is 12.4. The highest BCUT2D eigenvalue weighted by atomic mass is 32.2. The van der Waals surface area contributed by atoms with Crippen LogP contribution in [-0.2, 0) is 21.2 Å². The van der Waals surface area contributed by atoms with Crippen LogP contribution in [0.1, 0.15) is 34.4 Å². The smallest absolute Gasteiger partial charge is 0.221 e. The van der Waals surface area contributed by atoms with E-state index in [1.54, 1.807) is 19.1 Å². The highest BCUT2D eigenvalue weighted by Crippen LogP contribution is 2.29. The summed E-state index contributed by atoms with van der Waals surface area (Å²) in [6.45, 7) is 7.83. The molecule has 0 radical (unpaired) electrons. The number of nitrogens with one attached hydrogen (secondary N) is 1. The topological polar surface area (TPSA) is 89.3 Å². The molecule has 0 bridgehead atoms. The molecule has 1 N–H and O–H groups in total. The summed E-state index contributed by atoms with van der Waals surface area (Å²) in [6, 6.07) is 13.0. The van der Waals surface area contributed by atoms with Crippen molar-refractivity contribution >= 4 is 15.7 Å². The molecule has 6 nitrogen and oxygen atoms in total. The second-order valence-corrected chi connectivity index (χ2v) is 9.61. The fourth-order valence-electron chi connectivity index (χ4n) is 3.09. The third-order valence-electron chi connectivity index (χ3n) is 5.15. The minimum absolute atomic E-state index is 0.0989. The monoisotopic (exact) mass is 426 g/mol. The molecule has 30 heavy (non-hydrogen) atoms. The summed E-state index contributed by atoms with van der Waals surface area (Å²) in [6.07, 6.45) is -0.0989. The van der Waals surface area contributed by atoms with Gasteiger partial charge in [0.1, 0.15) is 0 Å². The highest BCUT2D eigenvalue weighted by Gasteiger charge is 2.21. The number of aryl methyl sites for hydroxylation is 3. The van der Waals surface area contributed by atoms with Crippen LogP contribution >= 0.6 is 0 Å². The van der Waals surface area contributed by atoms with Crippen LogP contribution in [0.2, 0.25) is 0 Å². The van der Waals surface area contributed by atoms with Crippen molar-refractivity contribution in [2.24, 2.45) is 0 Å². The molecule has 2 aromatic carbocycles. The van der Waals surface area contributed by atoms with E-state index in [4.69, 9.17) is 4.52 Å². The van der Waals surface area contributed by atoms with E-state index in [1.807, 2.05) is 51.1 Å². The van der Waals surface area contributed by atoms with E-state index < -0.39 is 9.84 Å². The first kappa shape index (κ1) is 21.8. The Labute approximate surface area is 177 Å². The molecule has 0 saturated heterocycles. The summed E-state index contributed by atoms with van der Waals surface area (Å²) in [7, 11) is -3.63. The Kier molecular flexibility index (Phi) is 6.41. The fourth-order valence-corrected chi connectivity index (χ4v) is 4.63. The second-order valence-electron chi connectivity index (χ2n) is 7.53. The van der Waals surface area contributed by atoms with E-state index >= 15 is 0 Å². The van der Waals surface area contributed by atoms with Crippen LogP contribution in [0, 0.1) is 27.7 Å². The minimum atomic E-state index is -3.63. The van der Waals surface area contributed by atoms with Gasteiger partial charge >= 0.3 is 0 Å². The van der Waals surface area contributed by atoms with E-state index in [-0.39, 0.29) is 23.0 Å². The lowest BCUT2D eigenvalue weighted by Crippen LogP contribution is -2.25. The van der Waals surface area contributed by atoms with Crippen molar-refractivity contribution in [3.05, 3.63) is 70.4 Å². The Bertz CT molecular complexity index is 1160. The van der Waals surface area contributed by atoms with Gasteiger partial charge in [0, 0.05) is 24.1 Å². The van der Waals surface area contributed by atoms with Gasteiger partial charge in [0.15, 0.2) is 15.6 Å². The molecule has 0 saturated carbocycles. The third kappa shape index (κ3) is 4.97. The van der Waals surface area contributed by atoms with Crippen LogP contribution in [0.25, 0.3) is 11.3 Å². The normalized spacial score (nSPS) is 11.5. The molecule has 0 unspecified atom stereocenters. The van der Waals surface area contributed by atoms with Crippen molar-refractivity contribution in [2.45, 2.75) is 45.6 Å².